The second-order valence-corrected chi connectivity index (χ2v) is 4.72. The molecule has 0 amide bonds. The van der Waals surface area contributed by atoms with E-state index in [0.717, 1.165) is 0 Å². The standard InChI is InChI=1S/C10H20N2O4/c1-12(2,3)6-7-16-10(15)8(11)4-5-9(13)14/h8H,4-7,11H2,1-3H3/p+1. The summed E-state index contributed by atoms with van der Waals surface area (Å²) in [5, 5.41) is 8.42. The maximum Gasteiger partial charge on any atom is 0.323 e. The predicted octanol–water partition coefficient (Wildman–Crippen LogP) is -0.572. The van der Waals surface area contributed by atoms with E-state index < -0.39 is 18.0 Å². The molecule has 1 atom stereocenters. The third-order valence-corrected chi connectivity index (χ3v) is 1.98. The van der Waals surface area contributed by atoms with E-state index in [0.29, 0.717) is 17.6 Å². The van der Waals surface area contributed by atoms with E-state index in [4.69, 9.17) is 15.6 Å². The van der Waals surface area contributed by atoms with Gasteiger partial charge in [-0.2, -0.15) is 0 Å². The summed E-state index contributed by atoms with van der Waals surface area (Å²) in [5.41, 5.74) is 5.47. The van der Waals surface area contributed by atoms with E-state index in [1.807, 2.05) is 21.1 Å². The number of carboxylic acid groups (broad SMARTS) is 1. The van der Waals surface area contributed by atoms with Crippen LogP contribution in [0.5, 0.6) is 0 Å². The molecule has 0 aliphatic carbocycles. The molecule has 0 aromatic rings. The van der Waals surface area contributed by atoms with Gasteiger partial charge in [0.2, 0.25) is 0 Å². The second-order valence-electron chi connectivity index (χ2n) is 4.72. The monoisotopic (exact) mass is 233 g/mol. The van der Waals surface area contributed by atoms with Gasteiger partial charge in [0.25, 0.3) is 0 Å². The quantitative estimate of drug-likeness (QED) is 0.454. The van der Waals surface area contributed by atoms with Crippen LogP contribution in [0.3, 0.4) is 0 Å². The molecule has 0 aliphatic rings. The smallest absolute Gasteiger partial charge is 0.323 e. The van der Waals surface area contributed by atoms with E-state index in [1.54, 1.807) is 0 Å². The molecule has 0 bridgehead atoms. The molecule has 0 saturated carbocycles. The molecule has 16 heavy (non-hydrogen) atoms. The average molecular weight is 233 g/mol. The summed E-state index contributed by atoms with van der Waals surface area (Å²) in [7, 11) is 5.95. The molecule has 0 spiro atoms. The Bertz CT molecular complexity index is 248. The number of nitrogens with zero attached hydrogens (tertiary/aromatic N) is 1. The first-order valence-electron chi connectivity index (χ1n) is 5.17. The Morgan fingerprint density at radius 1 is 1.38 bits per heavy atom. The van der Waals surface area contributed by atoms with Crippen molar-refractivity contribution in [1.82, 2.24) is 0 Å². The lowest BCUT2D eigenvalue weighted by atomic mass is 10.2. The summed E-state index contributed by atoms with van der Waals surface area (Å²) in [5.74, 6) is -1.50. The van der Waals surface area contributed by atoms with E-state index in [1.165, 1.54) is 0 Å². The van der Waals surface area contributed by atoms with Crippen LogP contribution in [0.15, 0.2) is 0 Å². The fourth-order valence-electron chi connectivity index (χ4n) is 0.924. The molecule has 0 rings (SSSR count). The van der Waals surface area contributed by atoms with Crippen molar-refractivity contribution >= 4 is 11.9 Å². The molecular formula is C10H21N2O4+. The van der Waals surface area contributed by atoms with E-state index in [2.05, 4.69) is 0 Å². The van der Waals surface area contributed by atoms with Crippen LogP contribution in [-0.4, -0.2) is 61.9 Å². The SMILES string of the molecule is C[N+](C)(C)CCOC(=O)C(N)CCC(=O)O. The van der Waals surface area contributed by atoms with Crippen LogP contribution in [-0.2, 0) is 14.3 Å². The van der Waals surface area contributed by atoms with Gasteiger partial charge in [-0.1, -0.05) is 0 Å². The lowest BCUT2D eigenvalue weighted by Crippen LogP contribution is -2.40. The molecule has 0 aliphatic heterocycles. The Morgan fingerprint density at radius 2 is 1.94 bits per heavy atom. The number of ether oxygens (including phenoxy) is 1. The summed E-state index contributed by atoms with van der Waals surface area (Å²) in [6, 6.07) is -0.844. The van der Waals surface area contributed by atoms with Gasteiger partial charge >= 0.3 is 11.9 Å². The minimum Gasteiger partial charge on any atom is -0.481 e. The normalized spacial score (nSPS) is 13.2. The molecule has 0 aromatic carbocycles. The fraction of sp³-hybridized carbons (Fsp3) is 0.800. The zero-order valence-corrected chi connectivity index (χ0v) is 10.1. The van der Waals surface area contributed by atoms with Crippen molar-refractivity contribution in [2.75, 3.05) is 34.3 Å². The Hall–Kier alpha value is -1.14. The number of hydrogen-bond acceptors (Lipinski definition) is 4. The molecular weight excluding hydrogens is 212 g/mol. The van der Waals surface area contributed by atoms with Crippen molar-refractivity contribution in [1.29, 1.82) is 0 Å². The predicted molar refractivity (Wildman–Crippen MR) is 58.7 cm³/mol. The third kappa shape index (κ3) is 8.19. The number of hydrogen-bond donors (Lipinski definition) is 2. The Balaban J connectivity index is 3.75. The zero-order valence-electron chi connectivity index (χ0n) is 10.1. The molecule has 0 radical (unpaired) electrons. The fourth-order valence-corrected chi connectivity index (χ4v) is 0.924. The van der Waals surface area contributed by atoms with E-state index >= 15 is 0 Å². The van der Waals surface area contributed by atoms with Crippen LogP contribution in [0, 0.1) is 0 Å². The van der Waals surface area contributed by atoms with Gasteiger partial charge in [-0.25, -0.2) is 0 Å². The first kappa shape index (κ1) is 14.9. The van der Waals surface area contributed by atoms with Crippen molar-refractivity contribution in [2.45, 2.75) is 18.9 Å². The summed E-state index contributed by atoms with van der Waals surface area (Å²) in [6.07, 6.45) is -0.00978. The van der Waals surface area contributed by atoms with Crippen molar-refractivity contribution in [2.24, 2.45) is 5.73 Å². The number of aliphatic carboxylic acids is 1. The van der Waals surface area contributed by atoms with E-state index in [-0.39, 0.29) is 12.8 Å². The van der Waals surface area contributed by atoms with Gasteiger partial charge in [-0.05, 0) is 6.42 Å². The van der Waals surface area contributed by atoms with Gasteiger partial charge in [0.05, 0.1) is 21.1 Å². The summed E-state index contributed by atoms with van der Waals surface area (Å²) in [4.78, 5) is 21.6. The Labute approximate surface area is 95.6 Å². The largest absolute Gasteiger partial charge is 0.481 e. The van der Waals surface area contributed by atoms with Crippen LogP contribution in [0.25, 0.3) is 0 Å². The topological polar surface area (TPSA) is 89.6 Å². The second kappa shape index (κ2) is 6.44. The zero-order chi connectivity index (χ0) is 12.8. The van der Waals surface area contributed by atoms with Crippen molar-refractivity contribution < 1.29 is 23.9 Å². The number of likely N-dealkylation sites (N-methyl/N-ethyl adjacent to an activating group) is 1. The van der Waals surface area contributed by atoms with Crippen LogP contribution >= 0.6 is 0 Å². The minimum atomic E-state index is -0.963. The van der Waals surface area contributed by atoms with Crippen molar-refractivity contribution in [3.05, 3.63) is 0 Å². The lowest BCUT2D eigenvalue weighted by molar-refractivity contribution is -0.870. The number of quaternary nitrogens is 1. The molecule has 94 valence electrons. The van der Waals surface area contributed by atoms with Crippen molar-refractivity contribution in [3.63, 3.8) is 0 Å². The Kier molecular flexibility index (Phi) is 5.98. The maximum absolute atomic E-state index is 11.3. The summed E-state index contributed by atoms with van der Waals surface area (Å²) in [6.45, 7) is 0.987. The third-order valence-electron chi connectivity index (χ3n) is 1.98. The maximum atomic E-state index is 11.3. The molecule has 1 unspecified atom stereocenters. The van der Waals surface area contributed by atoms with E-state index in [9.17, 15) is 9.59 Å². The highest BCUT2D eigenvalue weighted by Crippen LogP contribution is 1.98. The molecule has 0 heterocycles. The van der Waals surface area contributed by atoms with Crippen molar-refractivity contribution in [3.8, 4) is 0 Å². The van der Waals surface area contributed by atoms with Crippen LogP contribution in [0.1, 0.15) is 12.8 Å². The van der Waals surface area contributed by atoms with Gasteiger partial charge in [-0.3, -0.25) is 9.59 Å². The highest BCUT2D eigenvalue weighted by Gasteiger charge is 2.17. The molecule has 0 saturated heterocycles. The molecule has 3 N–H and O–H groups in total. The first-order chi connectivity index (χ1) is 7.22. The molecule has 0 aromatic heterocycles. The molecule has 0 fully saturated rings. The van der Waals surface area contributed by atoms with Gasteiger partial charge in [0, 0.05) is 6.42 Å². The lowest BCUT2D eigenvalue weighted by Gasteiger charge is -2.23. The number of carboxylic acids is 1. The summed E-state index contributed by atoms with van der Waals surface area (Å²) < 4.78 is 5.63. The highest BCUT2D eigenvalue weighted by molar-refractivity contribution is 5.76. The minimum absolute atomic E-state index is 0.110. The first-order valence-corrected chi connectivity index (χ1v) is 5.17. The van der Waals surface area contributed by atoms with Gasteiger partial charge in [-0.15, -0.1) is 0 Å². The number of esters is 1. The number of carbonyl (C=O) groups excluding carboxylic acids is 1. The van der Waals surface area contributed by atoms with Gasteiger partial charge in [0.1, 0.15) is 19.2 Å². The van der Waals surface area contributed by atoms with Crippen LogP contribution in [0.4, 0.5) is 0 Å². The highest BCUT2D eigenvalue weighted by atomic mass is 16.5. The number of nitrogens with two attached hydrogens (primary N) is 1. The van der Waals surface area contributed by atoms with Gasteiger partial charge < -0.3 is 20.1 Å². The van der Waals surface area contributed by atoms with Gasteiger partial charge in [0.15, 0.2) is 0 Å². The number of rotatable bonds is 7. The average Bonchev–Trinajstić information content (AvgIpc) is 2.11. The number of carbonyl (C=O) groups is 2. The van der Waals surface area contributed by atoms with Crippen LogP contribution < -0.4 is 5.73 Å². The molecule has 6 heteroatoms. The summed E-state index contributed by atoms with van der Waals surface area (Å²) >= 11 is 0. The van der Waals surface area contributed by atoms with Crippen LogP contribution in [0.2, 0.25) is 0 Å². The molecule has 6 nitrogen and oxygen atoms in total. The Morgan fingerprint density at radius 3 is 2.38 bits per heavy atom.